The molecule has 0 radical (unpaired) electrons. The van der Waals surface area contributed by atoms with Gasteiger partial charge in [-0.2, -0.15) is 0 Å². The lowest BCUT2D eigenvalue weighted by Crippen LogP contribution is -2.42. The number of anilines is 1. The molecule has 3 aromatic rings. The lowest BCUT2D eigenvalue weighted by Gasteiger charge is -2.31. The van der Waals surface area contributed by atoms with E-state index in [-0.39, 0.29) is 5.56 Å². The third-order valence-corrected chi connectivity index (χ3v) is 5.00. The second-order valence-electron chi connectivity index (χ2n) is 6.82. The number of fused-ring (bicyclic) bond motifs is 1. The molecule has 2 N–H and O–H groups in total. The van der Waals surface area contributed by atoms with Crippen molar-refractivity contribution in [1.82, 2.24) is 19.4 Å². The average molecular weight is 363 g/mol. The molecule has 7 nitrogen and oxygen atoms in total. The van der Waals surface area contributed by atoms with E-state index in [0.29, 0.717) is 31.1 Å². The van der Waals surface area contributed by atoms with Gasteiger partial charge >= 0.3 is 5.69 Å². The van der Waals surface area contributed by atoms with E-state index in [9.17, 15) is 9.59 Å². The van der Waals surface area contributed by atoms with Crippen LogP contribution in [0.3, 0.4) is 0 Å². The number of nitrogens with zero attached hydrogens (tertiary/aromatic N) is 3. The van der Waals surface area contributed by atoms with Gasteiger partial charge in [0.25, 0.3) is 5.56 Å². The maximum Gasteiger partial charge on any atom is 0.334 e. The molecule has 0 fully saturated rings. The molecule has 1 aliphatic heterocycles. The fourth-order valence-electron chi connectivity index (χ4n) is 3.44. The number of rotatable bonds is 3. The van der Waals surface area contributed by atoms with Gasteiger partial charge in [0, 0.05) is 25.5 Å². The number of pyridine rings is 1. The summed E-state index contributed by atoms with van der Waals surface area (Å²) >= 11 is 0. The van der Waals surface area contributed by atoms with E-state index in [2.05, 4.69) is 20.2 Å². The molecule has 0 amide bonds. The van der Waals surface area contributed by atoms with E-state index in [4.69, 9.17) is 0 Å². The minimum absolute atomic E-state index is 0.347. The highest BCUT2D eigenvalue weighted by molar-refractivity contribution is 5.55. The summed E-state index contributed by atoms with van der Waals surface area (Å²) in [7, 11) is 0. The summed E-state index contributed by atoms with van der Waals surface area (Å²) in [6.07, 6.45) is 3.55. The predicted molar refractivity (Wildman–Crippen MR) is 104 cm³/mol. The lowest BCUT2D eigenvalue weighted by atomic mass is 10.1. The first-order valence-electron chi connectivity index (χ1n) is 8.84. The molecular formula is C20H21N5O2. The third-order valence-electron chi connectivity index (χ3n) is 5.00. The Morgan fingerprint density at radius 3 is 2.78 bits per heavy atom. The Hall–Kier alpha value is -3.19. The van der Waals surface area contributed by atoms with Gasteiger partial charge in [0.1, 0.15) is 5.82 Å². The van der Waals surface area contributed by atoms with Crippen LogP contribution in [0.25, 0.3) is 5.69 Å². The number of hydrogen-bond acceptors (Lipinski definition) is 5. The Kier molecular flexibility index (Phi) is 4.37. The van der Waals surface area contributed by atoms with Crippen molar-refractivity contribution in [3.05, 3.63) is 85.8 Å². The van der Waals surface area contributed by atoms with Crippen molar-refractivity contribution in [2.75, 3.05) is 12.0 Å². The molecule has 3 heterocycles. The quantitative estimate of drug-likeness (QED) is 0.743. The SMILES string of the molecule is Cc1cccc(-n2c3c(c(=O)[nH]c2=O)CN(Cc2cccnc2)CN3)c1C. The van der Waals surface area contributed by atoms with Crippen LogP contribution in [-0.2, 0) is 13.1 Å². The molecule has 138 valence electrons. The molecule has 1 aromatic carbocycles. The first-order chi connectivity index (χ1) is 13.0. The second-order valence-corrected chi connectivity index (χ2v) is 6.82. The summed E-state index contributed by atoms with van der Waals surface area (Å²) in [5.41, 5.74) is 3.73. The molecule has 2 aromatic heterocycles. The number of H-pyrrole nitrogens is 1. The molecule has 0 saturated heterocycles. The van der Waals surface area contributed by atoms with E-state index >= 15 is 0 Å². The fourth-order valence-corrected chi connectivity index (χ4v) is 3.44. The van der Waals surface area contributed by atoms with Gasteiger partial charge in [-0.05, 0) is 42.7 Å². The van der Waals surface area contributed by atoms with Crippen LogP contribution in [0.5, 0.6) is 0 Å². The van der Waals surface area contributed by atoms with Crippen molar-refractivity contribution < 1.29 is 0 Å². The van der Waals surface area contributed by atoms with E-state index < -0.39 is 5.69 Å². The summed E-state index contributed by atoms with van der Waals surface area (Å²) in [6, 6.07) is 9.71. The third kappa shape index (κ3) is 3.17. The van der Waals surface area contributed by atoms with Crippen molar-refractivity contribution in [3.63, 3.8) is 0 Å². The first-order valence-corrected chi connectivity index (χ1v) is 8.84. The zero-order valence-corrected chi connectivity index (χ0v) is 15.3. The number of nitrogens with one attached hydrogen (secondary N) is 2. The molecule has 0 aliphatic carbocycles. The summed E-state index contributed by atoms with van der Waals surface area (Å²) in [5.74, 6) is 0.569. The van der Waals surface area contributed by atoms with Crippen molar-refractivity contribution in [1.29, 1.82) is 0 Å². The maximum absolute atomic E-state index is 12.6. The van der Waals surface area contributed by atoms with Gasteiger partial charge in [0.15, 0.2) is 0 Å². The number of aromatic nitrogens is 3. The highest BCUT2D eigenvalue weighted by Crippen LogP contribution is 2.24. The lowest BCUT2D eigenvalue weighted by molar-refractivity contribution is 0.263. The van der Waals surface area contributed by atoms with Gasteiger partial charge < -0.3 is 5.32 Å². The topological polar surface area (TPSA) is 83.0 Å². The summed E-state index contributed by atoms with van der Waals surface area (Å²) < 4.78 is 1.57. The van der Waals surface area contributed by atoms with Crippen LogP contribution in [0.15, 0.2) is 52.3 Å². The second kappa shape index (κ2) is 6.85. The number of benzene rings is 1. The fraction of sp³-hybridized carbons (Fsp3) is 0.250. The van der Waals surface area contributed by atoms with Crippen LogP contribution in [0, 0.1) is 13.8 Å². The minimum Gasteiger partial charge on any atom is -0.358 e. The zero-order valence-electron chi connectivity index (χ0n) is 15.3. The van der Waals surface area contributed by atoms with Crippen LogP contribution in [-0.4, -0.2) is 26.1 Å². The van der Waals surface area contributed by atoms with Crippen molar-refractivity contribution in [2.24, 2.45) is 0 Å². The molecular weight excluding hydrogens is 342 g/mol. The number of aryl methyl sites for hydroxylation is 1. The van der Waals surface area contributed by atoms with Gasteiger partial charge in [-0.3, -0.25) is 19.7 Å². The molecule has 27 heavy (non-hydrogen) atoms. The highest BCUT2D eigenvalue weighted by Gasteiger charge is 2.24. The molecule has 0 atom stereocenters. The standard InChI is InChI=1S/C20H21N5O2/c1-13-5-3-7-17(14(13)2)25-18-16(19(26)23-20(25)27)11-24(12-22-18)10-15-6-4-8-21-9-15/h3-9,22H,10-12H2,1-2H3,(H,23,26,27). The minimum atomic E-state index is -0.430. The van der Waals surface area contributed by atoms with Crippen LogP contribution < -0.4 is 16.6 Å². The predicted octanol–water partition coefficient (Wildman–Crippen LogP) is 1.92. The molecule has 4 rings (SSSR count). The van der Waals surface area contributed by atoms with Gasteiger partial charge in [-0.1, -0.05) is 18.2 Å². The molecule has 7 heteroatoms. The van der Waals surface area contributed by atoms with Crippen LogP contribution in [0.1, 0.15) is 22.3 Å². The van der Waals surface area contributed by atoms with Crippen molar-refractivity contribution in [3.8, 4) is 5.69 Å². The number of aromatic amines is 1. The normalized spacial score (nSPS) is 13.9. The molecule has 0 bridgehead atoms. The monoisotopic (exact) mass is 363 g/mol. The largest absolute Gasteiger partial charge is 0.358 e. The molecule has 0 unspecified atom stereocenters. The Labute approximate surface area is 156 Å². The van der Waals surface area contributed by atoms with Crippen molar-refractivity contribution in [2.45, 2.75) is 26.9 Å². The van der Waals surface area contributed by atoms with E-state index in [1.165, 1.54) is 0 Å². The number of hydrogen-bond donors (Lipinski definition) is 2. The average Bonchev–Trinajstić information content (AvgIpc) is 2.66. The molecule has 0 spiro atoms. The van der Waals surface area contributed by atoms with E-state index in [1.807, 2.05) is 50.4 Å². The van der Waals surface area contributed by atoms with E-state index in [0.717, 1.165) is 22.4 Å². The zero-order chi connectivity index (χ0) is 19.0. The smallest absolute Gasteiger partial charge is 0.334 e. The van der Waals surface area contributed by atoms with Crippen LogP contribution in [0.4, 0.5) is 5.82 Å². The summed E-state index contributed by atoms with van der Waals surface area (Å²) in [4.78, 5) is 33.8. The maximum atomic E-state index is 12.6. The van der Waals surface area contributed by atoms with Gasteiger partial charge in [0.05, 0.1) is 17.9 Å². The van der Waals surface area contributed by atoms with Crippen molar-refractivity contribution >= 4 is 5.82 Å². The highest BCUT2D eigenvalue weighted by atomic mass is 16.2. The van der Waals surface area contributed by atoms with Gasteiger partial charge in [-0.25, -0.2) is 9.36 Å². The van der Waals surface area contributed by atoms with Gasteiger partial charge in [-0.15, -0.1) is 0 Å². The van der Waals surface area contributed by atoms with Gasteiger partial charge in [0.2, 0.25) is 0 Å². The van der Waals surface area contributed by atoms with Crippen LogP contribution in [0.2, 0.25) is 0 Å². The Morgan fingerprint density at radius 1 is 1.15 bits per heavy atom. The Morgan fingerprint density at radius 2 is 2.00 bits per heavy atom. The summed E-state index contributed by atoms with van der Waals surface area (Å²) in [6.45, 7) is 5.65. The first kappa shape index (κ1) is 17.2. The van der Waals surface area contributed by atoms with Crippen LogP contribution >= 0.6 is 0 Å². The Balaban J connectivity index is 1.76. The molecule has 0 saturated carbocycles. The summed E-state index contributed by atoms with van der Waals surface area (Å²) in [5, 5.41) is 3.28. The molecule has 1 aliphatic rings. The van der Waals surface area contributed by atoms with E-state index in [1.54, 1.807) is 10.8 Å². The Bertz CT molecular complexity index is 1100.